The highest BCUT2D eigenvalue weighted by Gasteiger charge is 2.22. The molecular formula is C23H24N4O2. The van der Waals surface area contributed by atoms with Crippen molar-refractivity contribution in [2.24, 2.45) is 0 Å². The number of nitrogens with one attached hydrogen (secondary N) is 1. The third-order valence-corrected chi connectivity index (χ3v) is 5.27. The zero-order chi connectivity index (χ0) is 20.1. The molecule has 6 heteroatoms. The van der Waals surface area contributed by atoms with Crippen LogP contribution in [0, 0.1) is 0 Å². The third-order valence-electron chi connectivity index (χ3n) is 5.27. The number of pyridine rings is 1. The van der Waals surface area contributed by atoms with Crippen molar-refractivity contribution < 1.29 is 9.59 Å². The lowest BCUT2D eigenvalue weighted by Gasteiger charge is -2.35. The molecule has 0 aliphatic carbocycles. The Morgan fingerprint density at radius 1 is 0.897 bits per heavy atom. The van der Waals surface area contributed by atoms with Gasteiger partial charge in [-0.1, -0.05) is 48.5 Å². The van der Waals surface area contributed by atoms with Gasteiger partial charge in [-0.15, -0.1) is 0 Å². The van der Waals surface area contributed by atoms with Crippen LogP contribution in [0.1, 0.15) is 5.56 Å². The van der Waals surface area contributed by atoms with E-state index in [0.717, 1.165) is 35.2 Å². The van der Waals surface area contributed by atoms with Gasteiger partial charge < -0.3 is 15.1 Å². The van der Waals surface area contributed by atoms with E-state index in [0.29, 0.717) is 13.1 Å². The van der Waals surface area contributed by atoms with Crippen molar-refractivity contribution in [1.82, 2.24) is 15.2 Å². The van der Waals surface area contributed by atoms with Gasteiger partial charge in [-0.2, -0.15) is 0 Å². The van der Waals surface area contributed by atoms with Crippen molar-refractivity contribution in [2.45, 2.75) is 6.42 Å². The third kappa shape index (κ3) is 4.54. The smallest absolute Gasteiger partial charge is 0.242 e. The fourth-order valence-electron chi connectivity index (χ4n) is 3.69. The van der Waals surface area contributed by atoms with Crippen LogP contribution in [-0.2, 0) is 16.0 Å². The van der Waals surface area contributed by atoms with E-state index in [4.69, 9.17) is 0 Å². The number of fused-ring (bicyclic) bond motifs is 1. The van der Waals surface area contributed by atoms with E-state index in [-0.39, 0.29) is 24.8 Å². The first-order chi connectivity index (χ1) is 14.2. The quantitative estimate of drug-likeness (QED) is 0.728. The van der Waals surface area contributed by atoms with E-state index in [1.807, 2.05) is 60.7 Å². The number of hydrogen-bond acceptors (Lipinski definition) is 4. The van der Waals surface area contributed by atoms with Crippen LogP contribution in [0.15, 0.2) is 66.9 Å². The van der Waals surface area contributed by atoms with Crippen molar-refractivity contribution in [3.63, 3.8) is 0 Å². The monoisotopic (exact) mass is 388 g/mol. The molecule has 1 saturated heterocycles. The number of nitrogens with zero attached hydrogens (tertiary/aromatic N) is 3. The molecule has 2 heterocycles. The van der Waals surface area contributed by atoms with Gasteiger partial charge in [-0.25, -0.2) is 4.98 Å². The number of piperazine rings is 1. The first-order valence-corrected chi connectivity index (χ1v) is 9.88. The van der Waals surface area contributed by atoms with Gasteiger partial charge in [0.05, 0.1) is 13.0 Å². The van der Waals surface area contributed by atoms with Crippen molar-refractivity contribution >= 4 is 28.4 Å². The van der Waals surface area contributed by atoms with Crippen LogP contribution in [-0.4, -0.2) is 54.4 Å². The van der Waals surface area contributed by atoms with Gasteiger partial charge in [0.25, 0.3) is 0 Å². The maximum absolute atomic E-state index is 12.5. The molecule has 0 unspecified atom stereocenters. The Morgan fingerprint density at radius 3 is 2.45 bits per heavy atom. The molecule has 0 bridgehead atoms. The van der Waals surface area contributed by atoms with Crippen LogP contribution in [0.2, 0.25) is 0 Å². The highest BCUT2D eigenvalue weighted by Crippen LogP contribution is 2.19. The standard InChI is InChI=1S/C23H24N4O2/c28-22(16-19-8-5-7-18-6-1-2-9-20(18)19)25-17-23(29)27-14-12-26(13-15-27)21-10-3-4-11-24-21/h1-11H,12-17H2,(H,25,28). The molecule has 0 spiro atoms. The maximum atomic E-state index is 12.5. The number of benzene rings is 2. The van der Waals surface area contributed by atoms with E-state index in [2.05, 4.69) is 15.2 Å². The summed E-state index contributed by atoms with van der Waals surface area (Å²) in [6.45, 7) is 2.79. The SMILES string of the molecule is O=C(Cc1cccc2ccccc12)NCC(=O)N1CCN(c2ccccn2)CC1. The number of carbonyl (C=O) groups excluding carboxylic acids is 2. The number of amides is 2. The first-order valence-electron chi connectivity index (χ1n) is 9.88. The summed E-state index contributed by atoms with van der Waals surface area (Å²) in [5.41, 5.74) is 0.969. The van der Waals surface area contributed by atoms with Gasteiger partial charge in [-0.05, 0) is 28.5 Å². The van der Waals surface area contributed by atoms with E-state index in [9.17, 15) is 9.59 Å². The zero-order valence-electron chi connectivity index (χ0n) is 16.3. The van der Waals surface area contributed by atoms with Crippen LogP contribution >= 0.6 is 0 Å². The fraction of sp³-hybridized carbons (Fsp3) is 0.261. The van der Waals surface area contributed by atoms with Gasteiger partial charge in [0, 0.05) is 32.4 Å². The highest BCUT2D eigenvalue weighted by atomic mass is 16.2. The molecule has 4 rings (SSSR count). The minimum absolute atomic E-state index is 0.0349. The number of rotatable bonds is 5. The van der Waals surface area contributed by atoms with E-state index >= 15 is 0 Å². The summed E-state index contributed by atoms with van der Waals surface area (Å²) in [6, 6.07) is 19.8. The molecule has 6 nitrogen and oxygen atoms in total. The van der Waals surface area contributed by atoms with Gasteiger partial charge >= 0.3 is 0 Å². The average Bonchev–Trinajstić information content (AvgIpc) is 2.78. The summed E-state index contributed by atoms with van der Waals surface area (Å²) >= 11 is 0. The Kier molecular flexibility index (Phi) is 5.70. The summed E-state index contributed by atoms with van der Waals surface area (Å²) in [5.74, 6) is 0.752. The molecule has 3 aromatic rings. The predicted octanol–water partition coefficient (Wildman–Crippen LogP) is 2.24. The minimum atomic E-state index is -0.137. The molecule has 0 radical (unpaired) electrons. The number of hydrogen-bond donors (Lipinski definition) is 1. The second-order valence-electron chi connectivity index (χ2n) is 7.15. The molecule has 1 aliphatic heterocycles. The lowest BCUT2D eigenvalue weighted by atomic mass is 10.0. The Labute approximate surface area is 170 Å². The lowest BCUT2D eigenvalue weighted by molar-refractivity contribution is -0.133. The number of carbonyl (C=O) groups is 2. The Hall–Kier alpha value is -3.41. The largest absolute Gasteiger partial charge is 0.353 e. The van der Waals surface area contributed by atoms with Crippen LogP contribution in [0.4, 0.5) is 5.82 Å². The van der Waals surface area contributed by atoms with Crippen LogP contribution in [0.5, 0.6) is 0 Å². The Balaban J connectivity index is 1.27. The molecule has 29 heavy (non-hydrogen) atoms. The molecular weight excluding hydrogens is 364 g/mol. The molecule has 0 atom stereocenters. The molecule has 0 saturated carbocycles. The molecule has 1 aliphatic rings. The van der Waals surface area contributed by atoms with Crippen LogP contribution < -0.4 is 10.2 Å². The van der Waals surface area contributed by atoms with Gasteiger partial charge in [0.2, 0.25) is 11.8 Å². The summed E-state index contributed by atoms with van der Waals surface area (Å²) in [7, 11) is 0. The predicted molar refractivity (Wildman–Crippen MR) is 114 cm³/mol. The van der Waals surface area contributed by atoms with Gasteiger partial charge in [0.1, 0.15) is 5.82 Å². The van der Waals surface area contributed by atoms with Gasteiger partial charge in [-0.3, -0.25) is 9.59 Å². The van der Waals surface area contributed by atoms with Gasteiger partial charge in [0.15, 0.2) is 0 Å². The van der Waals surface area contributed by atoms with E-state index < -0.39 is 0 Å². The first kappa shape index (κ1) is 18.9. The van der Waals surface area contributed by atoms with Crippen molar-refractivity contribution in [1.29, 1.82) is 0 Å². The zero-order valence-corrected chi connectivity index (χ0v) is 16.3. The van der Waals surface area contributed by atoms with Crippen molar-refractivity contribution in [3.05, 3.63) is 72.4 Å². The van der Waals surface area contributed by atoms with E-state index in [1.165, 1.54) is 0 Å². The minimum Gasteiger partial charge on any atom is -0.353 e. The lowest BCUT2D eigenvalue weighted by Crippen LogP contribution is -2.51. The second-order valence-corrected chi connectivity index (χ2v) is 7.15. The molecule has 148 valence electrons. The summed E-state index contributed by atoms with van der Waals surface area (Å²) in [6.07, 6.45) is 2.04. The summed E-state index contributed by atoms with van der Waals surface area (Å²) in [4.78, 5) is 33.2. The van der Waals surface area contributed by atoms with Crippen molar-refractivity contribution in [3.8, 4) is 0 Å². The van der Waals surface area contributed by atoms with E-state index in [1.54, 1.807) is 11.1 Å². The summed E-state index contributed by atoms with van der Waals surface area (Å²) in [5, 5.41) is 4.96. The second kappa shape index (κ2) is 8.73. The fourth-order valence-corrected chi connectivity index (χ4v) is 3.69. The van der Waals surface area contributed by atoms with Crippen LogP contribution in [0.3, 0.4) is 0 Å². The molecule has 1 N–H and O–H groups in total. The maximum Gasteiger partial charge on any atom is 0.242 e. The summed E-state index contributed by atoms with van der Waals surface area (Å²) < 4.78 is 0. The normalized spacial score (nSPS) is 14.1. The highest BCUT2D eigenvalue weighted by molar-refractivity contribution is 5.91. The van der Waals surface area contributed by atoms with Crippen LogP contribution in [0.25, 0.3) is 10.8 Å². The Bertz CT molecular complexity index is 993. The number of anilines is 1. The number of aromatic nitrogens is 1. The molecule has 2 amide bonds. The average molecular weight is 388 g/mol. The topological polar surface area (TPSA) is 65.5 Å². The Morgan fingerprint density at radius 2 is 1.66 bits per heavy atom. The van der Waals surface area contributed by atoms with Crippen molar-refractivity contribution in [2.75, 3.05) is 37.6 Å². The molecule has 1 fully saturated rings. The molecule has 1 aromatic heterocycles. The molecule has 2 aromatic carbocycles.